The summed E-state index contributed by atoms with van der Waals surface area (Å²) in [6.07, 6.45) is -4.46. The van der Waals surface area contributed by atoms with Crippen molar-refractivity contribution in [1.29, 1.82) is 0 Å². The first-order valence-corrected chi connectivity index (χ1v) is 10.4. The summed E-state index contributed by atoms with van der Waals surface area (Å²) >= 11 is 0. The van der Waals surface area contributed by atoms with Crippen LogP contribution in [0, 0.1) is 13.8 Å². The van der Waals surface area contributed by atoms with E-state index in [2.05, 4.69) is 15.6 Å². The Morgan fingerprint density at radius 2 is 1.79 bits per heavy atom. The van der Waals surface area contributed by atoms with E-state index in [0.717, 1.165) is 17.7 Å². The molecular weight excluding hydrogens is 449 g/mol. The van der Waals surface area contributed by atoms with Gasteiger partial charge in [0.05, 0.1) is 17.3 Å². The fraction of sp³-hybridized carbons (Fsp3) is 0.250. The van der Waals surface area contributed by atoms with Gasteiger partial charge in [-0.3, -0.25) is 9.59 Å². The lowest BCUT2D eigenvalue weighted by Crippen LogP contribution is -2.27. The Labute approximate surface area is 192 Å². The molecular formula is C24H21F3N4O3. The molecule has 1 atom stereocenters. The second-order valence-electron chi connectivity index (χ2n) is 8.08. The van der Waals surface area contributed by atoms with Gasteiger partial charge in [0, 0.05) is 18.2 Å². The molecule has 0 spiro atoms. The summed E-state index contributed by atoms with van der Waals surface area (Å²) in [6.45, 7) is 6.54. The Hall–Kier alpha value is -3.95. The molecule has 4 rings (SSSR count). The maximum Gasteiger partial charge on any atom is 0.416 e. The van der Waals surface area contributed by atoms with Crippen LogP contribution in [-0.2, 0) is 11.0 Å². The average Bonchev–Trinajstić information content (AvgIpc) is 3.16. The molecule has 0 saturated carbocycles. The van der Waals surface area contributed by atoms with Gasteiger partial charge in [0.25, 0.3) is 5.56 Å². The smallest absolute Gasteiger partial charge is 0.353 e. The van der Waals surface area contributed by atoms with Crippen molar-refractivity contribution >= 4 is 22.6 Å². The molecule has 0 aliphatic rings. The van der Waals surface area contributed by atoms with E-state index in [1.54, 1.807) is 32.0 Å². The summed E-state index contributed by atoms with van der Waals surface area (Å²) < 4.78 is 45.6. The number of halogens is 3. The molecule has 0 aliphatic heterocycles. The summed E-state index contributed by atoms with van der Waals surface area (Å²) in [6, 6.07) is 9.18. The molecule has 34 heavy (non-hydrogen) atoms. The highest BCUT2D eigenvalue weighted by Gasteiger charge is 2.30. The van der Waals surface area contributed by atoms with Crippen molar-refractivity contribution in [3.63, 3.8) is 0 Å². The average molecular weight is 470 g/mol. The maximum atomic E-state index is 13.3. The second kappa shape index (κ2) is 8.44. The summed E-state index contributed by atoms with van der Waals surface area (Å²) in [7, 11) is 0. The Morgan fingerprint density at radius 3 is 2.41 bits per heavy atom. The van der Waals surface area contributed by atoms with E-state index in [9.17, 15) is 22.8 Å². The van der Waals surface area contributed by atoms with Crippen molar-refractivity contribution in [1.82, 2.24) is 14.9 Å². The second-order valence-corrected chi connectivity index (χ2v) is 8.08. The number of alkyl halides is 3. The highest BCUT2D eigenvalue weighted by molar-refractivity contribution is 5.94. The summed E-state index contributed by atoms with van der Waals surface area (Å²) in [5.41, 5.74) is 2.08. The predicted octanol–water partition coefficient (Wildman–Crippen LogP) is 5.25. The van der Waals surface area contributed by atoms with Gasteiger partial charge >= 0.3 is 6.18 Å². The Balaban J connectivity index is 1.91. The number of rotatable bonds is 4. The molecule has 0 radical (unpaired) electrons. The van der Waals surface area contributed by atoms with Crippen LogP contribution in [-0.4, -0.2) is 20.8 Å². The molecule has 176 valence electrons. The van der Waals surface area contributed by atoms with Gasteiger partial charge in [-0.05, 0) is 56.2 Å². The fourth-order valence-electron chi connectivity index (χ4n) is 3.78. The topological polar surface area (TPSA) is 90.0 Å². The number of fused-ring (bicyclic) bond motifs is 1. The number of carbonyl (C=O) groups is 1. The van der Waals surface area contributed by atoms with E-state index in [1.165, 1.54) is 23.7 Å². The largest absolute Gasteiger partial charge is 0.416 e. The third-order valence-corrected chi connectivity index (χ3v) is 5.61. The molecule has 2 heterocycles. The van der Waals surface area contributed by atoms with Gasteiger partial charge in [0.1, 0.15) is 11.1 Å². The van der Waals surface area contributed by atoms with Crippen LogP contribution < -0.4 is 10.9 Å². The van der Waals surface area contributed by atoms with Gasteiger partial charge in [-0.25, -0.2) is 4.68 Å². The molecule has 4 aromatic rings. The van der Waals surface area contributed by atoms with Crippen LogP contribution in [0.5, 0.6) is 0 Å². The molecule has 0 saturated heterocycles. The Morgan fingerprint density at radius 1 is 1.12 bits per heavy atom. The van der Waals surface area contributed by atoms with Crippen LogP contribution in [0.2, 0.25) is 0 Å². The minimum Gasteiger partial charge on any atom is -0.353 e. The molecule has 1 N–H and O–H groups in total. The zero-order valence-corrected chi connectivity index (χ0v) is 18.8. The zero-order valence-electron chi connectivity index (χ0n) is 18.8. The summed E-state index contributed by atoms with van der Waals surface area (Å²) in [4.78, 5) is 24.8. The number of nitrogens with one attached hydrogen (secondary N) is 1. The van der Waals surface area contributed by atoms with Gasteiger partial charge in [0.15, 0.2) is 0 Å². The number of nitrogens with zero attached hydrogens (tertiary/aromatic N) is 3. The predicted molar refractivity (Wildman–Crippen MR) is 121 cm³/mol. The number of anilines is 1. The Bertz CT molecular complexity index is 1450. The fourth-order valence-corrected chi connectivity index (χ4v) is 3.78. The highest BCUT2D eigenvalue weighted by Crippen LogP contribution is 2.33. The molecule has 0 aliphatic carbocycles. The first-order valence-electron chi connectivity index (χ1n) is 10.4. The minimum atomic E-state index is -4.46. The van der Waals surface area contributed by atoms with Crippen molar-refractivity contribution < 1.29 is 22.5 Å². The van der Waals surface area contributed by atoms with Crippen LogP contribution in [0.1, 0.15) is 42.3 Å². The van der Waals surface area contributed by atoms with Gasteiger partial charge in [0.2, 0.25) is 11.5 Å². The number of benzene rings is 2. The third-order valence-electron chi connectivity index (χ3n) is 5.61. The van der Waals surface area contributed by atoms with Crippen LogP contribution in [0.15, 0.2) is 51.8 Å². The van der Waals surface area contributed by atoms with E-state index < -0.39 is 23.3 Å². The van der Waals surface area contributed by atoms with E-state index in [4.69, 9.17) is 4.52 Å². The number of carbonyl (C=O) groups excluding carboxylic acids is 1. The number of amides is 1. The van der Waals surface area contributed by atoms with Gasteiger partial charge in [-0.1, -0.05) is 23.4 Å². The van der Waals surface area contributed by atoms with Gasteiger partial charge in [-0.2, -0.15) is 18.3 Å². The monoisotopic (exact) mass is 470 g/mol. The van der Waals surface area contributed by atoms with E-state index in [0.29, 0.717) is 28.2 Å². The number of aromatic nitrogens is 3. The molecule has 2 aromatic carbocycles. The van der Waals surface area contributed by atoms with Crippen molar-refractivity contribution in [2.24, 2.45) is 0 Å². The van der Waals surface area contributed by atoms with E-state index in [-0.39, 0.29) is 16.9 Å². The van der Waals surface area contributed by atoms with Gasteiger partial charge < -0.3 is 9.84 Å². The zero-order chi connectivity index (χ0) is 24.8. The molecule has 0 bridgehead atoms. The number of hydrogen-bond donors (Lipinski definition) is 1. The lowest BCUT2D eigenvalue weighted by Gasteiger charge is -2.17. The molecule has 0 fully saturated rings. The van der Waals surface area contributed by atoms with Crippen LogP contribution >= 0.6 is 0 Å². The molecule has 10 heteroatoms. The van der Waals surface area contributed by atoms with Gasteiger partial charge in [-0.15, -0.1) is 0 Å². The highest BCUT2D eigenvalue weighted by atomic mass is 19.4. The van der Waals surface area contributed by atoms with Crippen LogP contribution in [0.25, 0.3) is 22.2 Å². The van der Waals surface area contributed by atoms with Crippen LogP contribution in [0.4, 0.5) is 18.9 Å². The maximum absolute atomic E-state index is 13.3. The van der Waals surface area contributed by atoms with Crippen molar-refractivity contribution in [2.75, 3.05) is 5.32 Å². The summed E-state index contributed by atoms with van der Waals surface area (Å²) in [5.74, 6) is -0.246. The SMILES string of the molecule is CC(=O)Nc1ccc(C)c(-c2nn([C@H](C)c3ccc(C(F)(F)F)cc3)c(=O)c3c(C)noc23)c1. The quantitative estimate of drug-likeness (QED) is 0.440. The molecule has 1 amide bonds. The van der Waals surface area contributed by atoms with E-state index in [1.807, 2.05) is 6.92 Å². The molecule has 2 aromatic heterocycles. The normalized spacial score (nSPS) is 12.7. The number of aryl methyl sites for hydroxylation is 2. The molecule has 0 unspecified atom stereocenters. The third kappa shape index (κ3) is 4.18. The van der Waals surface area contributed by atoms with E-state index >= 15 is 0 Å². The van der Waals surface area contributed by atoms with Crippen molar-refractivity contribution in [3.8, 4) is 11.3 Å². The number of hydrogen-bond acceptors (Lipinski definition) is 5. The van der Waals surface area contributed by atoms with Crippen molar-refractivity contribution in [2.45, 2.75) is 39.9 Å². The Kier molecular flexibility index (Phi) is 5.76. The lowest BCUT2D eigenvalue weighted by molar-refractivity contribution is -0.137. The minimum absolute atomic E-state index is 0.196. The first-order chi connectivity index (χ1) is 16.0. The van der Waals surface area contributed by atoms with Crippen molar-refractivity contribution in [3.05, 3.63) is 75.2 Å². The standard InChI is InChI=1S/C24H21F3N4O3/c1-12-5-10-18(28-15(4)32)11-19(12)21-22-20(13(2)30-34-22)23(33)31(29-21)14(3)16-6-8-17(9-7-16)24(25,26)27/h5-11,14H,1-4H3,(H,28,32)/t14-/m1/s1. The summed E-state index contributed by atoms with van der Waals surface area (Å²) in [5, 5.41) is 11.4. The lowest BCUT2D eigenvalue weighted by atomic mass is 10.0. The molecule has 7 nitrogen and oxygen atoms in total. The first kappa shape index (κ1) is 23.2. The van der Waals surface area contributed by atoms with Crippen LogP contribution in [0.3, 0.4) is 0 Å².